The molecule has 0 bridgehead atoms. The third kappa shape index (κ3) is 5.39. The van der Waals surface area contributed by atoms with Crippen molar-refractivity contribution in [2.45, 2.75) is 26.3 Å². The van der Waals surface area contributed by atoms with E-state index in [2.05, 4.69) is 17.6 Å². The first kappa shape index (κ1) is 18.0. The van der Waals surface area contributed by atoms with Crippen LogP contribution in [-0.4, -0.2) is 18.4 Å². The molecule has 0 aliphatic carbocycles. The molecule has 0 unspecified atom stereocenters. The summed E-state index contributed by atoms with van der Waals surface area (Å²) in [5, 5.41) is 6.34. The number of benzene rings is 2. The van der Waals surface area contributed by atoms with Crippen LogP contribution in [0.25, 0.3) is 0 Å². The minimum Gasteiger partial charge on any atom is -0.352 e. The van der Waals surface area contributed by atoms with Crippen molar-refractivity contribution >= 4 is 23.4 Å². The molecule has 2 aromatic carbocycles. The van der Waals surface area contributed by atoms with Crippen LogP contribution < -0.4 is 10.6 Å². The van der Waals surface area contributed by atoms with Gasteiger partial charge in [-0.25, -0.2) is 0 Å². The van der Waals surface area contributed by atoms with Gasteiger partial charge in [-0.05, 0) is 42.3 Å². The summed E-state index contributed by atoms with van der Waals surface area (Å²) in [5.74, 6) is -0.371. The summed E-state index contributed by atoms with van der Waals surface area (Å²) in [7, 11) is 0. The predicted molar refractivity (Wildman–Crippen MR) is 96.3 cm³/mol. The Balaban J connectivity index is 1.95. The number of amides is 2. The second-order valence-corrected chi connectivity index (χ2v) is 5.94. The first-order chi connectivity index (χ1) is 11.6. The predicted octanol–water partition coefficient (Wildman–Crippen LogP) is 3.80. The number of halogens is 1. The topological polar surface area (TPSA) is 58.2 Å². The molecule has 0 fully saturated rings. The maximum Gasteiger partial charge on any atom is 0.251 e. The van der Waals surface area contributed by atoms with Crippen LogP contribution >= 0.6 is 11.6 Å². The number of unbranched alkanes of at least 4 members (excludes halogenated alkanes) is 1. The smallest absolute Gasteiger partial charge is 0.251 e. The Hall–Kier alpha value is -2.33. The number of carbonyl (C=O) groups is 2. The van der Waals surface area contributed by atoms with E-state index in [1.807, 2.05) is 12.1 Å². The van der Waals surface area contributed by atoms with Crippen molar-refractivity contribution in [1.82, 2.24) is 10.6 Å². The van der Waals surface area contributed by atoms with Gasteiger partial charge in [0.1, 0.15) is 0 Å². The monoisotopic (exact) mass is 344 g/mol. The van der Waals surface area contributed by atoms with Crippen molar-refractivity contribution in [1.29, 1.82) is 0 Å². The fraction of sp³-hybridized carbons (Fsp3) is 0.263. The number of hydrogen-bond acceptors (Lipinski definition) is 2. The molecule has 0 spiro atoms. The summed E-state index contributed by atoms with van der Waals surface area (Å²) in [6.07, 6.45) is 1.96. The van der Waals surface area contributed by atoms with Gasteiger partial charge in [-0.15, -0.1) is 0 Å². The second-order valence-electron chi connectivity index (χ2n) is 5.50. The van der Waals surface area contributed by atoms with E-state index in [4.69, 9.17) is 11.6 Å². The average molecular weight is 345 g/mol. The molecular formula is C19H21ClN2O2. The zero-order valence-corrected chi connectivity index (χ0v) is 14.4. The van der Waals surface area contributed by atoms with Crippen LogP contribution in [0, 0.1) is 0 Å². The van der Waals surface area contributed by atoms with Crippen molar-refractivity contribution in [2.24, 2.45) is 0 Å². The number of carbonyl (C=O) groups excluding carboxylic acids is 2. The third-order valence-electron chi connectivity index (χ3n) is 3.57. The van der Waals surface area contributed by atoms with E-state index in [1.165, 1.54) is 0 Å². The molecule has 2 aromatic rings. The fourth-order valence-corrected chi connectivity index (χ4v) is 2.30. The molecule has 0 atom stereocenters. The number of nitrogens with one attached hydrogen (secondary N) is 2. The van der Waals surface area contributed by atoms with Gasteiger partial charge in [-0.2, -0.15) is 0 Å². The summed E-state index contributed by atoms with van der Waals surface area (Å²) >= 11 is 5.84. The largest absolute Gasteiger partial charge is 0.352 e. The lowest BCUT2D eigenvalue weighted by Gasteiger charge is -2.08. The lowest BCUT2D eigenvalue weighted by atomic mass is 10.1. The molecule has 0 aliphatic heterocycles. The van der Waals surface area contributed by atoms with E-state index >= 15 is 0 Å². The molecule has 4 nitrogen and oxygen atoms in total. The summed E-state index contributed by atoms with van der Waals surface area (Å²) in [6.45, 7) is 3.11. The molecular weight excluding hydrogens is 324 g/mol. The summed E-state index contributed by atoms with van der Waals surface area (Å²) in [6, 6.07) is 14.0. The summed E-state index contributed by atoms with van der Waals surface area (Å²) < 4.78 is 0. The van der Waals surface area contributed by atoms with E-state index in [-0.39, 0.29) is 11.8 Å². The number of rotatable bonds is 7. The van der Waals surface area contributed by atoms with Crippen LogP contribution in [0.4, 0.5) is 0 Å². The van der Waals surface area contributed by atoms with Crippen molar-refractivity contribution < 1.29 is 9.59 Å². The van der Waals surface area contributed by atoms with Crippen LogP contribution in [-0.2, 0) is 6.54 Å². The molecule has 0 radical (unpaired) electrons. The van der Waals surface area contributed by atoms with Gasteiger partial charge in [0.15, 0.2) is 0 Å². The first-order valence-corrected chi connectivity index (χ1v) is 8.39. The highest BCUT2D eigenvalue weighted by Crippen LogP contribution is 2.10. The van der Waals surface area contributed by atoms with E-state index in [1.54, 1.807) is 36.4 Å². The van der Waals surface area contributed by atoms with Crippen molar-refractivity contribution in [3.05, 3.63) is 70.2 Å². The van der Waals surface area contributed by atoms with Gasteiger partial charge in [0.2, 0.25) is 0 Å². The van der Waals surface area contributed by atoms with Crippen LogP contribution in [0.3, 0.4) is 0 Å². The highest BCUT2D eigenvalue weighted by molar-refractivity contribution is 6.30. The molecule has 0 aliphatic rings. The van der Waals surface area contributed by atoms with E-state index in [0.717, 1.165) is 18.4 Å². The van der Waals surface area contributed by atoms with Gasteiger partial charge in [0, 0.05) is 29.2 Å². The van der Waals surface area contributed by atoms with Crippen LogP contribution in [0.2, 0.25) is 5.02 Å². The maximum absolute atomic E-state index is 12.3. The SMILES string of the molecule is CCCCNC(=O)c1cccc(C(=O)NCc2ccc(Cl)cc2)c1. The van der Waals surface area contributed by atoms with Crippen molar-refractivity contribution in [2.75, 3.05) is 6.54 Å². The molecule has 2 amide bonds. The summed E-state index contributed by atoms with van der Waals surface area (Å²) in [5.41, 5.74) is 1.92. The van der Waals surface area contributed by atoms with Gasteiger partial charge in [0.25, 0.3) is 11.8 Å². The van der Waals surface area contributed by atoms with Crippen molar-refractivity contribution in [3.8, 4) is 0 Å². The van der Waals surface area contributed by atoms with Crippen LogP contribution in [0.15, 0.2) is 48.5 Å². The third-order valence-corrected chi connectivity index (χ3v) is 3.82. The Morgan fingerprint density at radius 3 is 2.21 bits per heavy atom. The van der Waals surface area contributed by atoms with Crippen LogP contribution in [0.5, 0.6) is 0 Å². The Kier molecular flexibility index (Phi) is 6.82. The Morgan fingerprint density at radius 2 is 1.58 bits per heavy atom. The number of hydrogen-bond donors (Lipinski definition) is 2. The maximum atomic E-state index is 12.3. The van der Waals surface area contributed by atoms with Crippen molar-refractivity contribution in [3.63, 3.8) is 0 Å². The highest BCUT2D eigenvalue weighted by Gasteiger charge is 2.10. The Morgan fingerprint density at radius 1 is 0.958 bits per heavy atom. The van der Waals surface area contributed by atoms with Gasteiger partial charge >= 0.3 is 0 Å². The molecule has 0 saturated heterocycles. The summed E-state index contributed by atoms with van der Waals surface area (Å²) in [4.78, 5) is 24.3. The molecule has 5 heteroatoms. The fourth-order valence-electron chi connectivity index (χ4n) is 2.17. The average Bonchev–Trinajstić information content (AvgIpc) is 2.61. The Bertz CT molecular complexity index is 699. The lowest BCUT2D eigenvalue weighted by Crippen LogP contribution is -2.26. The Labute approximate surface area is 147 Å². The zero-order chi connectivity index (χ0) is 17.4. The van der Waals surface area contributed by atoms with E-state index < -0.39 is 0 Å². The molecule has 126 valence electrons. The van der Waals surface area contributed by atoms with E-state index in [9.17, 15) is 9.59 Å². The minimum absolute atomic E-state index is 0.157. The molecule has 24 heavy (non-hydrogen) atoms. The molecule has 2 N–H and O–H groups in total. The lowest BCUT2D eigenvalue weighted by molar-refractivity contribution is 0.0950. The van der Waals surface area contributed by atoms with Gasteiger partial charge in [-0.3, -0.25) is 9.59 Å². The van der Waals surface area contributed by atoms with Gasteiger partial charge in [0.05, 0.1) is 0 Å². The van der Waals surface area contributed by atoms with Crippen LogP contribution in [0.1, 0.15) is 46.0 Å². The second kappa shape index (κ2) is 9.08. The van der Waals surface area contributed by atoms with Gasteiger partial charge < -0.3 is 10.6 Å². The quantitative estimate of drug-likeness (QED) is 0.750. The molecule has 2 rings (SSSR count). The first-order valence-electron chi connectivity index (χ1n) is 8.01. The van der Waals surface area contributed by atoms with Gasteiger partial charge in [-0.1, -0.05) is 43.1 Å². The standard InChI is InChI=1S/C19H21ClN2O2/c1-2-3-11-21-18(23)15-5-4-6-16(12-15)19(24)22-13-14-7-9-17(20)10-8-14/h4-10,12H,2-3,11,13H2,1H3,(H,21,23)(H,22,24). The normalized spacial score (nSPS) is 10.2. The zero-order valence-electron chi connectivity index (χ0n) is 13.6. The molecule has 0 aromatic heterocycles. The highest BCUT2D eigenvalue weighted by atomic mass is 35.5. The van der Waals surface area contributed by atoms with E-state index in [0.29, 0.717) is 29.2 Å². The minimum atomic E-state index is -0.215. The molecule has 0 saturated carbocycles. The molecule has 0 heterocycles.